The van der Waals surface area contributed by atoms with Crippen molar-refractivity contribution in [2.24, 2.45) is 0 Å². The first kappa shape index (κ1) is 14.1. The molecule has 3 N–H and O–H groups in total. The first-order valence-corrected chi connectivity index (χ1v) is 6.22. The molecule has 2 aromatic carbocycles. The smallest absolute Gasteiger partial charge is 0.248 e. The number of benzene rings is 2. The number of nitrogens with one attached hydrogen (secondary N) is 1. The lowest BCUT2D eigenvalue weighted by Gasteiger charge is -2.03. The maximum Gasteiger partial charge on any atom is 0.248 e. The Balaban J connectivity index is 2.03. The minimum Gasteiger partial charge on any atom is -0.399 e. The molecular weight excluding hydrogens is 279 g/mol. The lowest BCUT2D eigenvalue weighted by atomic mass is 10.2. The number of amides is 1. The predicted molar refractivity (Wildman–Crippen MR) is 79.9 cm³/mol. The van der Waals surface area contributed by atoms with Crippen LogP contribution in [-0.2, 0) is 4.79 Å². The molecule has 0 heterocycles. The fourth-order valence-electron chi connectivity index (χ4n) is 1.54. The van der Waals surface area contributed by atoms with E-state index in [2.05, 4.69) is 5.32 Å². The van der Waals surface area contributed by atoms with Crippen LogP contribution in [0.25, 0.3) is 6.08 Å². The van der Waals surface area contributed by atoms with Crippen molar-refractivity contribution in [3.8, 4) is 0 Å². The van der Waals surface area contributed by atoms with Crippen molar-refractivity contribution < 1.29 is 9.18 Å². The second-order valence-electron chi connectivity index (χ2n) is 4.11. The van der Waals surface area contributed by atoms with E-state index in [1.807, 2.05) is 0 Å². The molecule has 20 heavy (non-hydrogen) atoms. The predicted octanol–water partition coefficient (Wildman–Crippen LogP) is 3.71. The van der Waals surface area contributed by atoms with Crippen LogP contribution >= 0.6 is 11.6 Å². The fraction of sp³-hybridized carbons (Fsp3) is 0. The third-order valence-corrected chi connectivity index (χ3v) is 2.79. The topological polar surface area (TPSA) is 55.1 Å². The molecule has 0 aliphatic carbocycles. The molecular formula is C15H12ClFN2O. The summed E-state index contributed by atoms with van der Waals surface area (Å²) in [4.78, 5) is 11.7. The average Bonchev–Trinajstić information content (AvgIpc) is 2.41. The number of hydrogen-bond acceptors (Lipinski definition) is 2. The number of carbonyl (C=O) groups is 1. The number of hydrogen-bond donors (Lipinski definition) is 2. The summed E-state index contributed by atoms with van der Waals surface area (Å²) < 4.78 is 13.5. The molecule has 0 aliphatic rings. The molecule has 2 aromatic rings. The largest absolute Gasteiger partial charge is 0.399 e. The van der Waals surface area contributed by atoms with Gasteiger partial charge in [-0.15, -0.1) is 0 Å². The van der Waals surface area contributed by atoms with Gasteiger partial charge in [-0.3, -0.25) is 4.79 Å². The number of anilines is 2. The van der Waals surface area contributed by atoms with Crippen LogP contribution in [0.5, 0.6) is 0 Å². The van der Waals surface area contributed by atoms with Crippen LogP contribution in [0.1, 0.15) is 5.56 Å². The first-order valence-electron chi connectivity index (χ1n) is 5.84. The Kier molecular flexibility index (Phi) is 4.38. The van der Waals surface area contributed by atoms with Crippen LogP contribution in [0.2, 0.25) is 5.02 Å². The molecule has 3 nitrogen and oxygen atoms in total. The summed E-state index contributed by atoms with van der Waals surface area (Å²) in [5.74, 6) is -1.00. The second kappa shape index (κ2) is 6.21. The van der Waals surface area contributed by atoms with Crippen molar-refractivity contribution in [2.45, 2.75) is 0 Å². The standard InChI is InChI=1S/C15H12ClFN2O/c16-11-4-7-14(13(17)9-11)19-15(20)8-3-10-1-5-12(18)6-2-10/h1-9H,18H2,(H,19,20)/b8-3+. The average molecular weight is 291 g/mol. The van der Waals surface area contributed by atoms with Crippen LogP contribution in [0.3, 0.4) is 0 Å². The molecule has 0 bridgehead atoms. The zero-order valence-corrected chi connectivity index (χ0v) is 11.2. The van der Waals surface area contributed by atoms with E-state index < -0.39 is 11.7 Å². The first-order chi connectivity index (χ1) is 9.54. The highest BCUT2D eigenvalue weighted by atomic mass is 35.5. The highest BCUT2D eigenvalue weighted by Crippen LogP contribution is 2.18. The Morgan fingerprint density at radius 2 is 1.90 bits per heavy atom. The molecule has 0 saturated heterocycles. The van der Waals surface area contributed by atoms with Crippen molar-refractivity contribution in [1.29, 1.82) is 0 Å². The van der Waals surface area contributed by atoms with Crippen molar-refractivity contribution in [2.75, 3.05) is 11.1 Å². The highest BCUT2D eigenvalue weighted by Gasteiger charge is 2.04. The van der Waals surface area contributed by atoms with Gasteiger partial charge in [-0.25, -0.2) is 4.39 Å². The van der Waals surface area contributed by atoms with Crippen molar-refractivity contribution in [1.82, 2.24) is 0 Å². The summed E-state index contributed by atoms with van der Waals surface area (Å²) in [6.45, 7) is 0. The third kappa shape index (κ3) is 3.83. The normalized spacial score (nSPS) is 10.7. The zero-order chi connectivity index (χ0) is 14.5. The molecule has 0 unspecified atom stereocenters. The van der Waals surface area contributed by atoms with E-state index in [9.17, 15) is 9.18 Å². The Morgan fingerprint density at radius 1 is 1.20 bits per heavy atom. The number of carbonyl (C=O) groups excluding carboxylic acids is 1. The van der Waals surface area contributed by atoms with Gasteiger partial charge < -0.3 is 11.1 Å². The van der Waals surface area contributed by atoms with E-state index in [1.165, 1.54) is 18.2 Å². The molecule has 0 aliphatic heterocycles. The lowest BCUT2D eigenvalue weighted by Crippen LogP contribution is -2.09. The van der Waals surface area contributed by atoms with Crippen LogP contribution in [-0.4, -0.2) is 5.91 Å². The molecule has 0 fully saturated rings. The summed E-state index contributed by atoms with van der Waals surface area (Å²) in [6.07, 6.45) is 2.93. The van der Waals surface area contributed by atoms with E-state index in [0.29, 0.717) is 5.69 Å². The minimum absolute atomic E-state index is 0.0846. The van der Waals surface area contributed by atoms with E-state index in [0.717, 1.165) is 11.6 Å². The Bertz CT molecular complexity index is 653. The number of nitrogen functional groups attached to an aromatic ring is 1. The van der Waals surface area contributed by atoms with Gasteiger partial charge in [0.15, 0.2) is 0 Å². The molecule has 0 radical (unpaired) electrons. The van der Waals surface area contributed by atoms with Crippen molar-refractivity contribution >= 4 is 35.0 Å². The summed E-state index contributed by atoms with van der Waals surface area (Å²) in [5, 5.41) is 2.71. The van der Waals surface area contributed by atoms with Gasteiger partial charge in [-0.1, -0.05) is 23.7 Å². The van der Waals surface area contributed by atoms with Crippen LogP contribution in [0, 0.1) is 5.82 Å². The monoisotopic (exact) mass is 290 g/mol. The molecule has 0 spiro atoms. The van der Waals surface area contributed by atoms with Crippen molar-refractivity contribution in [3.05, 3.63) is 64.9 Å². The number of rotatable bonds is 3. The third-order valence-electron chi connectivity index (χ3n) is 2.55. The maximum atomic E-state index is 13.5. The van der Waals surface area contributed by atoms with Gasteiger partial charge in [-0.2, -0.15) is 0 Å². The molecule has 0 saturated carbocycles. The Labute approximate surface area is 120 Å². The Morgan fingerprint density at radius 3 is 2.55 bits per heavy atom. The molecule has 102 valence electrons. The Hall–Kier alpha value is -2.33. The molecule has 0 atom stereocenters. The summed E-state index contributed by atoms with van der Waals surface area (Å²) in [6, 6.07) is 11.1. The zero-order valence-electron chi connectivity index (χ0n) is 10.4. The second-order valence-corrected chi connectivity index (χ2v) is 4.55. The SMILES string of the molecule is Nc1ccc(/C=C/C(=O)Nc2ccc(Cl)cc2F)cc1. The highest BCUT2D eigenvalue weighted by molar-refractivity contribution is 6.30. The van der Waals surface area contributed by atoms with Crippen molar-refractivity contribution in [3.63, 3.8) is 0 Å². The summed E-state index contributed by atoms with van der Waals surface area (Å²) in [7, 11) is 0. The van der Waals surface area contributed by atoms with Gasteiger partial charge in [0.05, 0.1) is 5.69 Å². The summed E-state index contributed by atoms with van der Waals surface area (Å²) >= 11 is 5.63. The van der Waals surface area contributed by atoms with Crippen LogP contribution in [0.4, 0.5) is 15.8 Å². The van der Waals surface area contributed by atoms with E-state index in [-0.39, 0.29) is 10.7 Å². The minimum atomic E-state index is -0.577. The molecule has 0 aromatic heterocycles. The van der Waals surface area contributed by atoms with Crippen LogP contribution in [0.15, 0.2) is 48.5 Å². The lowest BCUT2D eigenvalue weighted by molar-refractivity contribution is -0.111. The number of nitrogens with two attached hydrogens (primary N) is 1. The van der Waals surface area contributed by atoms with Gasteiger partial charge in [0.2, 0.25) is 5.91 Å². The van der Waals surface area contributed by atoms with Gasteiger partial charge >= 0.3 is 0 Å². The van der Waals surface area contributed by atoms with Crippen LogP contribution < -0.4 is 11.1 Å². The van der Waals surface area contributed by atoms with Gasteiger partial charge in [0.25, 0.3) is 0 Å². The number of halogens is 2. The van der Waals surface area contributed by atoms with Gasteiger partial charge in [-0.05, 0) is 42.0 Å². The van der Waals surface area contributed by atoms with E-state index >= 15 is 0 Å². The summed E-state index contributed by atoms with van der Waals surface area (Å²) in [5.41, 5.74) is 7.12. The van der Waals surface area contributed by atoms with E-state index in [4.69, 9.17) is 17.3 Å². The quantitative estimate of drug-likeness (QED) is 0.669. The maximum absolute atomic E-state index is 13.5. The van der Waals surface area contributed by atoms with Gasteiger partial charge in [0, 0.05) is 16.8 Å². The molecule has 2 rings (SSSR count). The molecule has 1 amide bonds. The van der Waals surface area contributed by atoms with E-state index in [1.54, 1.807) is 30.3 Å². The fourth-order valence-corrected chi connectivity index (χ4v) is 1.70. The van der Waals surface area contributed by atoms with Gasteiger partial charge in [0.1, 0.15) is 5.82 Å². The molecule has 5 heteroatoms.